The highest BCUT2D eigenvalue weighted by Crippen LogP contribution is 2.26. The van der Waals surface area contributed by atoms with E-state index in [0.717, 1.165) is 33.6 Å². The summed E-state index contributed by atoms with van der Waals surface area (Å²) in [5, 5.41) is 0. The molecule has 4 nitrogen and oxygen atoms in total. The quantitative estimate of drug-likeness (QED) is 0.867. The fourth-order valence-electron chi connectivity index (χ4n) is 1.97. The average molecular weight is 351 g/mol. The summed E-state index contributed by atoms with van der Waals surface area (Å²) in [5.41, 5.74) is 7.81. The van der Waals surface area contributed by atoms with Crippen LogP contribution in [0.25, 0.3) is 0 Å². The van der Waals surface area contributed by atoms with Crippen LogP contribution in [0, 0.1) is 0 Å². The van der Waals surface area contributed by atoms with Gasteiger partial charge < -0.3 is 15.2 Å². The Bertz CT molecular complexity index is 585. The van der Waals surface area contributed by atoms with Gasteiger partial charge in [0.25, 0.3) is 0 Å². The Hall–Kier alpha value is -1.59. The predicted molar refractivity (Wildman–Crippen MR) is 86.6 cm³/mol. The Morgan fingerprint density at radius 1 is 1.29 bits per heavy atom. The van der Waals surface area contributed by atoms with Crippen molar-refractivity contribution in [1.29, 1.82) is 0 Å². The lowest BCUT2D eigenvalue weighted by molar-refractivity contribution is 0.296. The Morgan fingerprint density at radius 2 is 2.10 bits per heavy atom. The van der Waals surface area contributed by atoms with Crippen molar-refractivity contribution in [2.45, 2.75) is 26.0 Å². The van der Waals surface area contributed by atoms with Crippen molar-refractivity contribution in [2.75, 3.05) is 7.11 Å². The first-order chi connectivity index (χ1) is 10.1. The molecule has 0 saturated heterocycles. The van der Waals surface area contributed by atoms with Gasteiger partial charge in [-0.2, -0.15) is 0 Å². The van der Waals surface area contributed by atoms with E-state index in [0.29, 0.717) is 6.61 Å². The number of methoxy groups -OCH3 is 1. The molecule has 0 spiro atoms. The number of halogens is 1. The van der Waals surface area contributed by atoms with E-state index < -0.39 is 0 Å². The Balaban J connectivity index is 2.12. The van der Waals surface area contributed by atoms with Gasteiger partial charge in [0.2, 0.25) is 0 Å². The number of pyridine rings is 1. The summed E-state index contributed by atoms with van der Waals surface area (Å²) in [7, 11) is 1.65. The zero-order chi connectivity index (χ0) is 15.2. The molecule has 1 aromatic carbocycles. The van der Waals surface area contributed by atoms with Crippen molar-refractivity contribution < 1.29 is 9.47 Å². The largest absolute Gasteiger partial charge is 0.497 e. The van der Waals surface area contributed by atoms with Crippen LogP contribution < -0.4 is 15.2 Å². The maximum Gasteiger partial charge on any atom is 0.130 e. The standard InChI is InChI=1S/C16H19BrN2O2/c1-11(18)7-12-8-15(20-2)5-6-16(12)21-10-14-4-3-13(17)9-19-14/h3-6,8-9,11H,7,10,18H2,1-2H3. The summed E-state index contributed by atoms with van der Waals surface area (Å²) in [5.74, 6) is 1.62. The van der Waals surface area contributed by atoms with Gasteiger partial charge in [-0.05, 0) is 65.2 Å². The number of benzene rings is 1. The van der Waals surface area contributed by atoms with Gasteiger partial charge in [-0.25, -0.2) is 0 Å². The van der Waals surface area contributed by atoms with Crippen molar-refractivity contribution in [3.63, 3.8) is 0 Å². The number of aromatic nitrogens is 1. The van der Waals surface area contributed by atoms with Crippen molar-refractivity contribution in [3.8, 4) is 11.5 Å². The molecule has 0 aliphatic rings. The third kappa shape index (κ3) is 4.72. The van der Waals surface area contributed by atoms with Gasteiger partial charge in [-0.15, -0.1) is 0 Å². The molecule has 2 aromatic rings. The van der Waals surface area contributed by atoms with Gasteiger partial charge in [0.05, 0.1) is 12.8 Å². The highest BCUT2D eigenvalue weighted by atomic mass is 79.9. The molecule has 0 fully saturated rings. The van der Waals surface area contributed by atoms with Crippen LogP contribution in [0.5, 0.6) is 11.5 Å². The number of nitrogens with two attached hydrogens (primary N) is 1. The topological polar surface area (TPSA) is 57.4 Å². The number of hydrogen-bond donors (Lipinski definition) is 1. The van der Waals surface area contributed by atoms with E-state index in [1.807, 2.05) is 37.3 Å². The van der Waals surface area contributed by atoms with Crippen molar-refractivity contribution >= 4 is 15.9 Å². The normalized spacial score (nSPS) is 12.0. The minimum Gasteiger partial charge on any atom is -0.497 e. The van der Waals surface area contributed by atoms with Crippen LogP contribution in [0.4, 0.5) is 0 Å². The monoisotopic (exact) mass is 350 g/mol. The van der Waals surface area contributed by atoms with E-state index in [1.165, 1.54) is 0 Å². The minimum atomic E-state index is 0.0604. The van der Waals surface area contributed by atoms with Crippen molar-refractivity contribution in [1.82, 2.24) is 4.98 Å². The maximum absolute atomic E-state index is 5.89. The predicted octanol–water partition coefficient (Wildman–Crippen LogP) is 3.32. The number of rotatable bonds is 6. The first-order valence-electron chi connectivity index (χ1n) is 6.74. The van der Waals surface area contributed by atoms with Crippen LogP contribution in [0.15, 0.2) is 41.0 Å². The molecule has 21 heavy (non-hydrogen) atoms. The van der Waals surface area contributed by atoms with Gasteiger partial charge in [-0.1, -0.05) is 0 Å². The summed E-state index contributed by atoms with van der Waals surface area (Å²) in [6, 6.07) is 9.70. The van der Waals surface area contributed by atoms with E-state index in [9.17, 15) is 0 Å². The Morgan fingerprint density at radius 3 is 2.71 bits per heavy atom. The van der Waals surface area contributed by atoms with Crippen LogP contribution in [0.1, 0.15) is 18.2 Å². The smallest absolute Gasteiger partial charge is 0.130 e. The summed E-state index contributed by atoms with van der Waals surface area (Å²) in [4.78, 5) is 4.30. The second-order valence-corrected chi connectivity index (χ2v) is 5.83. The van der Waals surface area contributed by atoms with E-state index in [4.69, 9.17) is 15.2 Å². The fraction of sp³-hybridized carbons (Fsp3) is 0.312. The summed E-state index contributed by atoms with van der Waals surface area (Å²) < 4.78 is 12.1. The summed E-state index contributed by atoms with van der Waals surface area (Å²) >= 11 is 3.36. The Kier molecular flexibility index (Phi) is 5.59. The molecular formula is C16H19BrN2O2. The lowest BCUT2D eigenvalue weighted by Crippen LogP contribution is -2.18. The molecule has 0 radical (unpaired) electrons. The van der Waals surface area contributed by atoms with Gasteiger partial charge in [-0.3, -0.25) is 4.98 Å². The second-order valence-electron chi connectivity index (χ2n) is 4.91. The number of ether oxygens (including phenoxy) is 2. The molecule has 1 atom stereocenters. The minimum absolute atomic E-state index is 0.0604. The van der Waals surface area contributed by atoms with Gasteiger partial charge >= 0.3 is 0 Å². The molecule has 0 aliphatic carbocycles. The molecule has 1 heterocycles. The van der Waals surface area contributed by atoms with Crippen LogP contribution in [0.2, 0.25) is 0 Å². The van der Waals surface area contributed by atoms with E-state index in [2.05, 4.69) is 20.9 Å². The fourth-order valence-corrected chi connectivity index (χ4v) is 2.21. The van der Waals surface area contributed by atoms with E-state index >= 15 is 0 Å². The number of hydrogen-bond acceptors (Lipinski definition) is 4. The second kappa shape index (κ2) is 7.43. The molecular weight excluding hydrogens is 332 g/mol. The van der Waals surface area contributed by atoms with E-state index in [1.54, 1.807) is 13.3 Å². The Labute approximate surface area is 133 Å². The number of nitrogens with zero attached hydrogens (tertiary/aromatic N) is 1. The third-order valence-corrected chi connectivity index (χ3v) is 3.44. The molecule has 0 amide bonds. The lowest BCUT2D eigenvalue weighted by Gasteiger charge is -2.14. The van der Waals surface area contributed by atoms with Crippen molar-refractivity contribution in [3.05, 3.63) is 52.3 Å². The molecule has 2 rings (SSSR count). The molecule has 112 valence electrons. The molecule has 5 heteroatoms. The summed E-state index contributed by atoms with van der Waals surface area (Å²) in [6.45, 7) is 2.39. The molecule has 1 unspecified atom stereocenters. The highest BCUT2D eigenvalue weighted by Gasteiger charge is 2.09. The first-order valence-corrected chi connectivity index (χ1v) is 7.53. The van der Waals surface area contributed by atoms with Gasteiger partial charge in [0.15, 0.2) is 0 Å². The average Bonchev–Trinajstić information content (AvgIpc) is 2.47. The van der Waals surface area contributed by atoms with Crippen LogP contribution in [0.3, 0.4) is 0 Å². The highest BCUT2D eigenvalue weighted by molar-refractivity contribution is 9.10. The molecule has 0 bridgehead atoms. The SMILES string of the molecule is COc1ccc(OCc2ccc(Br)cn2)c(CC(C)N)c1. The van der Waals surface area contributed by atoms with Crippen LogP contribution in [-0.2, 0) is 13.0 Å². The zero-order valence-electron chi connectivity index (χ0n) is 12.2. The molecule has 0 saturated carbocycles. The lowest BCUT2D eigenvalue weighted by atomic mass is 10.1. The third-order valence-electron chi connectivity index (χ3n) is 2.97. The summed E-state index contributed by atoms with van der Waals surface area (Å²) in [6.07, 6.45) is 2.50. The van der Waals surface area contributed by atoms with Crippen LogP contribution >= 0.6 is 15.9 Å². The zero-order valence-corrected chi connectivity index (χ0v) is 13.8. The molecule has 2 N–H and O–H groups in total. The first kappa shape index (κ1) is 15.8. The maximum atomic E-state index is 5.89. The van der Waals surface area contributed by atoms with Gasteiger partial charge in [0.1, 0.15) is 18.1 Å². The van der Waals surface area contributed by atoms with Crippen LogP contribution in [-0.4, -0.2) is 18.1 Å². The van der Waals surface area contributed by atoms with E-state index in [-0.39, 0.29) is 6.04 Å². The molecule has 1 aromatic heterocycles. The van der Waals surface area contributed by atoms with Crippen molar-refractivity contribution in [2.24, 2.45) is 5.73 Å². The molecule has 0 aliphatic heterocycles. The van der Waals surface area contributed by atoms with Gasteiger partial charge in [0, 0.05) is 16.7 Å².